The van der Waals surface area contributed by atoms with Crippen molar-refractivity contribution in [3.05, 3.63) is 101 Å². The highest BCUT2D eigenvalue weighted by Gasteiger charge is 2.36. The molecule has 1 atom stereocenters. The molecule has 0 saturated carbocycles. The molecule has 0 bridgehead atoms. The summed E-state index contributed by atoms with van der Waals surface area (Å²) >= 11 is 0. The van der Waals surface area contributed by atoms with E-state index in [2.05, 4.69) is 9.97 Å². The number of Topliss-reactive ketones (excluding diaryl/α,β-unsaturated/α-hetero) is 1. The molecule has 7 heteroatoms. The molecule has 0 spiro atoms. The van der Waals surface area contributed by atoms with Gasteiger partial charge in [-0.05, 0) is 36.2 Å². The molecule has 1 aromatic heterocycles. The van der Waals surface area contributed by atoms with Crippen LogP contribution >= 0.6 is 0 Å². The number of nitrogens with zero attached hydrogens (tertiary/aromatic N) is 3. The first-order chi connectivity index (χ1) is 16.1. The number of nitrogens with one attached hydrogen (secondary N) is 1. The van der Waals surface area contributed by atoms with Gasteiger partial charge in [0, 0.05) is 12.1 Å². The maximum absolute atomic E-state index is 13.1. The number of nitriles is 1. The predicted molar refractivity (Wildman–Crippen MR) is 121 cm³/mol. The Morgan fingerprint density at radius 2 is 1.70 bits per heavy atom. The maximum Gasteiger partial charge on any atom is 0.261 e. The van der Waals surface area contributed by atoms with Crippen molar-refractivity contribution in [3.8, 4) is 6.07 Å². The van der Waals surface area contributed by atoms with Crippen molar-refractivity contribution in [2.45, 2.75) is 12.3 Å². The molecule has 1 aliphatic heterocycles. The number of amides is 2. The van der Waals surface area contributed by atoms with Gasteiger partial charge in [-0.25, -0.2) is 4.98 Å². The molecule has 0 aliphatic carbocycles. The second-order valence-corrected chi connectivity index (χ2v) is 7.82. The van der Waals surface area contributed by atoms with Crippen molar-refractivity contribution >= 4 is 28.6 Å². The summed E-state index contributed by atoms with van der Waals surface area (Å²) in [6, 6.07) is 23.2. The lowest BCUT2D eigenvalue weighted by Crippen LogP contribution is -2.31. The average molecular weight is 434 g/mol. The van der Waals surface area contributed by atoms with Crippen LogP contribution in [0, 0.1) is 11.3 Å². The van der Waals surface area contributed by atoms with E-state index in [1.165, 1.54) is 23.1 Å². The maximum atomic E-state index is 13.1. The van der Waals surface area contributed by atoms with Crippen molar-refractivity contribution in [3.63, 3.8) is 0 Å². The molecule has 7 nitrogen and oxygen atoms in total. The normalized spacial score (nSPS) is 13.7. The van der Waals surface area contributed by atoms with Crippen molar-refractivity contribution < 1.29 is 14.4 Å². The fourth-order valence-electron chi connectivity index (χ4n) is 4.05. The average Bonchev–Trinajstić information content (AvgIpc) is 3.37. The molecule has 0 saturated heterocycles. The van der Waals surface area contributed by atoms with Crippen molar-refractivity contribution in [2.24, 2.45) is 0 Å². The fraction of sp³-hybridized carbons (Fsp3) is 0.115. The first-order valence-corrected chi connectivity index (χ1v) is 10.5. The number of aromatic amines is 1. The topological polar surface area (TPSA) is 107 Å². The van der Waals surface area contributed by atoms with Gasteiger partial charge in [-0.2, -0.15) is 5.26 Å². The molecule has 1 N–H and O–H groups in total. The Bertz CT molecular complexity index is 1420. The molecule has 4 aromatic rings. The Morgan fingerprint density at radius 1 is 0.970 bits per heavy atom. The summed E-state index contributed by atoms with van der Waals surface area (Å²) in [7, 11) is 0. The van der Waals surface area contributed by atoms with Crippen molar-refractivity contribution in [1.29, 1.82) is 5.26 Å². The molecule has 5 rings (SSSR count). The first kappa shape index (κ1) is 20.3. The number of rotatable bonds is 6. The van der Waals surface area contributed by atoms with Gasteiger partial charge in [0.1, 0.15) is 5.82 Å². The summed E-state index contributed by atoms with van der Waals surface area (Å²) in [6.07, 6.45) is 0.542. The summed E-state index contributed by atoms with van der Waals surface area (Å²) in [6.45, 7) is 0.249. The standard InChI is InChI=1S/C26H18N4O3/c27-15-20(24-28-21-8-4-5-9-22(21)29-24)23(31)17-10-11-18-19(14-17)26(33)30(25(18)32)13-12-16-6-2-1-3-7-16/h1-11,14,20H,12-13H2,(H,28,29). The highest BCUT2D eigenvalue weighted by atomic mass is 16.2. The number of fused-ring (bicyclic) bond motifs is 2. The lowest BCUT2D eigenvalue weighted by atomic mass is 9.95. The van der Waals surface area contributed by atoms with Crippen LogP contribution in [0.3, 0.4) is 0 Å². The summed E-state index contributed by atoms with van der Waals surface area (Å²) < 4.78 is 0. The number of hydrogen-bond acceptors (Lipinski definition) is 5. The molecular formula is C26H18N4O3. The van der Waals surface area contributed by atoms with E-state index in [1.54, 1.807) is 6.07 Å². The van der Waals surface area contributed by atoms with Crippen LogP contribution < -0.4 is 0 Å². The first-order valence-electron chi connectivity index (χ1n) is 10.5. The molecule has 2 amide bonds. The summed E-state index contributed by atoms with van der Waals surface area (Å²) in [5, 5.41) is 9.68. The molecule has 33 heavy (non-hydrogen) atoms. The molecule has 1 unspecified atom stereocenters. The minimum absolute atomic E-state index is 0.181. The molecule has 0 radical (unpaired) electrons. The van der Waals surface area contributed by atoms with E-state index in [0.29, 0.717) is 11.9 Å². The minimum atomic E-state index is -1.16. The van der Waals surface area contributed by atoms with Gasteiger partial charge in [0.15, 0.2) is 11.7 Å². The quantitative estimate of drug-likeness (QED) is 0.366. The second-order valence-electron chi connectivity index (χ2n) is 7.82. The molecular weight excluding hydrogens is 416 g/mol. The third-order valence-electron chi connectivity index (χ3n) is 5.79. The van der Waals surface area contributed by atoms with Gasteiger partial charge >= 0.3 is 0 Å². The Balaban J connectivity index is 1.40. The van der Waals surface area contributed by atoms with E-state index < -0.39 is 17.6 Å². The Morgan fingerprint density at radius 3 is 2.45 bits per heavy atom. The van der Waals surface area contributed by atoms with Crippen LogP contribution in [0.2, 0.25) is 0 Å². The van der Waals surface area contributed by atoms with Crippen LogP contribution in [0.4, 0.5) is 0 Å². The molecule has 160 valence electrons. The number of H-pyrrole nitrogens is 1. The monoisotopic (exact) mass is 434 g/mol. The lowest BCUT2D eigenvalue weighted by Gasteiger charge is -2.13. The van der Waals surface area contributed by atoms with Crippen LogP contribution in [-0.4, -0.2) is 39.0 Å². The van der Waals surface area contributed by atoms with Gasteiger partial charge in [0.2, 0.25) is 0 Å². The second kappa shape index (κ2) is 8.17. The highest BCUT2D eigenvalue weighted by molar-refractivity contribution is 6.22. The number of carbonyl (C=O) groups excluding carboxylic acids is 3. The van der Waals surface area contributed by atoms with Gasteiger partial charge < -0.3 is 4.98 Å². The van der Waals surface area contributed by atoms with Crippen LogP contribution in [0.25, 0.3) is 11.0 Å². The number of aromatic nitrogens is 2. The van der Waals surface area contributed by atoms with Crippen LogP contribution in [0.5, 0.6) is 0 Å². The Labute approximate surface area is 189 Å². The summed E-state index contributed by atoms with van der Waals surface area (Å²) in [5.41, 5.74) is 3.04. The third kappa shape index (κ3) is 3.58. The molecule has 1 aliphatic rings. The number of para-hydroxylation sites is 2. The van der Waals surface area contributed by atoms with Gasteiger partial charge in [-0.3, -0.25) is 19.3 Å². The van der Waals surface area contributed by atoms with Gasteiger partial charge in [-0.15, -0.1) is 0 Å². The number of carbonyl (C=O) groups is 3. The smallest absolute Gasteiger partial charge is 0.261 e. The zero-order chi connectivity index (χ0) is 22.9. The largest absolute Gasteiger partial charge is 0.340 e. The number of hydrogen-bond donors (Lipinski definition) is 1. The van der Waals surface area contributed by atoms with Crippen LogP contribution in [-0.2, 0) is 6.42 Å². The lowest BCUT2D eigenvalue weighted by molar-refractivity contribution is 0.0656. The van der Waals surface area contributed by atoms with Gasteiger partial charge in [-0.1, -0.05) is 48.5 Å². The number of imidazole rings is 1. The van der Waals surface area contributed by atoms with E-state index in [9.17, 15) is 19.6 Å². The third-order valence-corrected chi connectivity index (χ3v) is 5.79. The zero-order valence-corrected chi connectivity index (χ0v) is 17.5. The zero-order valence-electron chi connectivity index (χ0n) is 17.5. The van der Waals surface area contributed by atoms with E-state index >= 15 is 0 Å². The van der Waals surface area contributed by atoms with E-state index in [1.807, 2.05) is 54.6 Å². The Kier molecular flexibility index (Phi) is 5.04. The van der Waals surface area contributed by atoms with Gasteiger partial charge in [0.25, 0.3) is 11.8 Å². The van der Waals surface area contributed by atoms with Crippen LogP contribution in [0.1, 0.15) is 48.4 Å². The van der Waals surface area contributed by atoms with Crippen molar-refractivity contribution in [1.82, 2.24) is 14.9 Å². The van der Waals surface area contributed by atoms with Gasteiger partial charge in [0.05, 0.1) is 28.2 Å². The SMILES string of the molecule is N#CC(C(=O)c1ccc2c(c1)C(=O)N(CCc1ccccc1)C2=O)c1nc2ccccc2[nH]1. The number of benzene rings is 3. The van der Waals surface area contributed by atoms with E-state index in [-0.39, 0.29) is 35.0 Å². The van der Waals surface area contributed by atoms with Crippen LogP contribution in [0.15, 0.2) is 72.8 Å². The summed E-state index contributed by atoms with van der Waals surface area (Å²) in [5.74, 6) is -2.20. The number of ketones is 1. The highest BCUT2D eigenvalue weighted by Crippen LogP contribution is 2.27. The minimum Gasteiger partial charge on any atom is -0.340 e. The number of imide groups is 1. The van der Waals surface area contributed by atoms with E-state index in [0.717, 1.165) is 11.1 Å². The fourth-order valence-corrected chi connectivity index (χ4v) is 4.05. The Hall–Kier alpha value is -4.57. The van der Waals surface area contributed by atoms with Crippen molar-refractivity contribution in [2.75, 3.05) is 6.54 Å². The predicted octanol–water partition coefficient (Wildman–Crippen LogP) is 3.89. The molecule has 0 fully saturated rings. The molecule has 3 aromatic carbocycles. The summed E-state index contributed by atoms with van der Waals surface area (Å²) in [4.78, 5) is 47.4. The van der Waals surface area contributed by atoms with E-state index in [4.69, 9.17) is 0 Å². The molecule has 2 heterocycles.